The molecule has 0 aromatic rings. The highest BCUT2D eigenvalue weighted by atomic mass is 16.6. The van der Waals surface area contributed by atoms with Gasteiger partial charge >= 0.3 is 18.0 Å². The predicted octanol–water partition coefficient (Wildman–Crippen LogP) is 2.48. The van der Waals surface area contributed by atoms with Gasteiger partial charge in [0.25, 0.3) is 0 Å². The Hall–Kier alpha value is -1.79. The maximum Gasteiger partial charge on any atom is 0.408 e. The Morgan fingerprint density at radius 3 is 1.91 bits per heavy atom. The van der Waals surface area contributed by atoms with Crippen LogP contribution in [0, 0.1) is 0 Å². The van der Waals surface area contributed by atoms with Crippen LogP contribution in [0.4, 0.5) is 4.79 Å². The second kappa shape index (κ2) is 8.00. The molecule has 1 amide bonds. The zero-order chi connectivity index (χ0) is 17.6. The number of carbonyl (C=O) groups is 3. The SMILES string of the molecule is CC(C)(C)OC(=O)CCCC(NC(=O)OC(C)(C)C)C(=O)O. The minimum absolute atomic E-state index is 0.0943. The van der Waals surface area contributed by atoms with Gasteiger partial charge in [0.1, 0.15) is 17.2 Å². The molecule has 0 aromatic heterocycles. The smallest absolute Gasteiger partial charge is 0.408 e. The van der Waals surface area contributed by atoms with Gasteiger partial charge in [-0.2, -0.15) is 0 Å². The van der Waals surface area contributed by atoms with Crippen molar-refractivity contribution in [2.24, 2.45) is 0 Å². The predicted molar refractivity (Wildman–Crippen MR) is 80.5 cm³/mol. The van der Waals surface area contributed by atoms with Crippen molar-refractivity contribution in [1.29, 1.82) is 0 Å². The van der Waals surface area contributed by atoms with E-state index in [0.29, 0.717) is 6.42 Å². The van der Waals surface area contributed by atoms with E-state index < -0.39 is 35.3 Å². The molecule has 0 aliphatic rings. The Kier molecular flexibility index (Phi) is 7.35. The van der Waals surface area contributed by atoms with E-state index >= 15 is 0 Å². The number of carboxylic acids is 1. The number of esters is 1. The third kappa shape index (κ3) is 10.9. The molecule has 128 valence electrons. The van der Waals surface area contributed by atoms with Crippen molar-refractivity contribution in [3.63, 3.8) is 0 Å². The first-order chi connectivity index (χ1) is 9.80. The molecule has 0 aliphatic carbocycles. The maximum atomic E-state index is 11.6. The van der Waals surface area contributed by atoms with Crippen LogP contribution < -0.4 is 5.32 Å². The molecule has 1 atom stereocenters. The molecule has 7 heteroatoms. The van der Waals surface area contributed by atoms with Crippen LogP contribution in [0.15, 0.2) is 0 Å². The number of hydrogen-bond donors (Lipinski definition) is 2. The van der Waals surface area contributed by atoms with Gasteiger partial charge in [0.15, 0.2) is 0 Å². The molecule has 0 saturated carbocycles. The molecule has 0 aromatic carbocycles. The van der Waals surface area contributed by atoms with Gasteiger partial charge < -0.3 is 19.9 Å². The number of carbonyl (C=O) groups excluding carboxylic acids is 2. The summed E-state index contributed by atoms with van der Waals surface area (Å²) < 4.78 is 10.1. The van der Waals surface area contributed by atoms with Gasteiger partial charge in [-0.1, -0.05) is 0 Å². The summed E-state index contributed by atoms with van der Waals surface area (Å²) in [7, 11) is 0. The normalized spacial score (nSPS) is 13.2. The summed E-state index contributed by atoms with van der Waals surface area (Å²) in [6, 6.07) is -1.10. The van der Waals surface area contributed by atoms with Gasteiger partial charge in [0, 0.05) is 6.42 Å². The third-order valence-corrected chi connectivity index (χ3v) is 2.28. The first kappa shape index (κ1) is 20.2. The van der Waals surface area contributed by atoms with Crippen LogP contribution in [0.25, 0.3) is 0 Å². The van der Waals surface area contributed by atoms with Crippen LogP contribution in [-0.4, -0.2) is 40.4 Å². The fourth-order valence-corrected chi connectivity index (χ4v) is 1.55. The van der Waals surface area contributed by atoms with Crippen LogP contribution in [-0.2, 0) is 19.1 Å². The molecule has 2 N–H and O–H groups in total. The van der Waals surface area contributed by atoms with E-state index in [-0.39, 0.29) is 12.8 Å². The van der Waals surface area contributed by atoms with Gasteiger partial charge in [-0.25, -0.2) is 9.59 Å². The van der Waals surface area contributed by atoms with Gasteiger partial charge in [0.2, 0.25) is 0 Å². The lowest BCUT2D eigenvalue weighted by molar-refractivity contribution is -0.155. The highest BCUT2D eigenvalue weighted by Crippen LogP contribution is 2.11. The number of carboxylic acid groups (broad SMARTS) is 1. The molecule has 0 aliphatic heterocycles. The van der Waals surface area contributed by atoms with Crippen LogP contribution in [0.1, 0.15) is 60.8 Å². The van der Waals surface area contributed by atoms with Crippen LogP contribution in [0.2, 0.25) is 0 Å². The first-order valence-corrected chi connectivity index (χ1v) is 7.24. The van der Waals surface area contributed by atoms with Crippen molar-refractivity contribution in [2.75, 3.05) is 0 Å². The van der Waals surface area contributed by atoms with Gasteiger partial charge in [-0.05, 0) is 54.4 Å². The summed E-state index contributed by atoms with van der Waals surface area (Å²) in [6.07, 6.45) is -0.288. The monoisotopic (exact) mass is 317 g/mol. The maximum absolute atomic E-state index is 11.6. The Morgan fingerprint density at radius 2 is 1.50 bits per heavy atom. The summed E-state index contributed by atoms with van der Waals surface area (Å²) in [5, 5.41) is 11.4. The van der Waals surface area contributed by atoms with Crippen LogP contribution in [0.5, 0.6) is 0 Å². The average Bonchev–Trinajstić information content (AvgIpc) is 2.22. The van der Waals surface area contributed by atoms with E-state index in [1.54, 1.807) is 41.5 Å². The molecule has 0 radical (unpaired) electrons. The molecule has 0 saturated heterocycles. The number of rotatable bonds is 6. The average molecular weight is 317 g/mol. The van der Waals surface area contributed by atoms with Crippen molar-refractivity contribution in [3.05, 3.63) is 0 Å². The molecule has 7 nitrogen and oxygen atoms in total. The highest BCUT2D eigenvalue weighted by molar-refractivity contribution is 5.80. The van der Waals surface area contributed by atoms with Crippen molar-refractivity contribution in [1.82, 2.24) is 5.32 Å². The number of amides is 1. The highest BCUT2D eigenvalue weighted by Gasteiger charge is 2.24. The first-order valence-electron chi connectivity index (χ1n) is 7.24. The Labute approximate surface area is 131 Å². The fourth-order valence-electron chi connectivity index (χ4n) is 1.55. The van der Waals surface area contributed by atoms with E-state index in [9.17, 15) is 14.4 Å². The Morgan fingerprint density at radius 1 is 1.00 bits per heavy atom. The zero-order valence-electron chi connectivity index (χ0n) is 14.2. The van der Waals surface area contributed by atoms with E-state index in [1.165, 1.54) is 0 Å². The zero-order valence-corrected chi connectivity index (χ0v) is 14.2. The molecule has 0 bridgehead atoms. The fraction of sp³-hybridized carbons (Fsp3) is 0.800. The second-order valence-electron chi connectivity index (χ2n) is 7.02. The van der Waals surface area contributed by atoms with Gasteiger partial charge in [-0.3, -0.25) is 4.79 Å². The molecule has 1 unspecified atom stereocenters. The minimum Gasteiger partial charge on any atom is -0.480 e. The van der Waals surface area contributed by atoms with E-state index in [1.807, 2.05) is 0 Å². The summed E-state index contributed by atoms with van der Waals surface area (Å²) in [5.41, 5.74) is -1.28. The second-order valence-corrected chi connectivity index (χ2v) is 7.02. The molecule has 0 heterocycles. The van der Waals surface area contributed by atoms with Crippen LogP contribution >= 0.6 is 0 Å². The van der Waals surface area contributed by atoms with E-state index in [0.717, 1.165) is 0 Å². The Balaban J connectivity index is 4.30. The lowest BCUT2D eigenvalue weighted by atomic mass is 10.1. The summed E-state index contributed by atoms with van der Waals surface area (Å²) >= 11 is 0. The molecular formula is C15H27NO6. The minimum atomic E-state index is -1.17. The lowest BCUT2D eigenvalue weighted by Crippen LogP contribution is -2.43. The summed E-state index contributed by atoms with van der Waals surface area (Å²) in [6.45, 7) is 10.3. The van der Waals surface area contributed by atoms with Crippen molar-refractivity contribution < 1.29 is 29.0 Å². The topological polar surface area (TPSA) is 102 Å². The largest absolute Gasteiger partial charge is 0.480 e. The number of aliphatic carboxylic acids is 1. The number of ether oxygens (including phenoxy) is 2. The quantitative estimate of drug-likeness (QED) is 0.730. The van der Waals surface area contributed by atoms with Crippen molar-refractivity contribution in [2.45, 2.75) is 78.0 Å². The molecule has 0 fully saturated rings. The van der Waals surface area contributed by atoms with Gasteiger partial charge in [0.05, 0.1) is 0 Å². The lowest BCUT2D eigenvalue weighted by Gasteiger charge is -2.22. The molecule has 22 heavy (non-hydrogen) atoms. The summed E-state index contributed by atoms with van der Waals surface area (Å²) in [4.78, 5) is 34.2. The van der Waals surface area contributed by atoms with Crippen molar-refractivity contribution in [3.8, 4) is 0 Å². The van der Waals surface area contributed by atoms with Crippen molar-refractivity contribution >= 4 is 18.0 Å². The van der Waals surface area contributed by atoms with Crippen LogP contribution in [0.3, 0.4) is 0 Å². The molecule has 0 rings (SSSR count). The molecule has 0 spiro atoms. The third-order valence-electron chi connectivity index (χ3n) is 2.28. The number of nitrogens with one attached hydrogen (secondary N) is 1. The van der Waals surface area contributed by atoms with E-state index in [2.05, 4.69) is 5.32 Å². The number of alkyl carbamates (subject to hydrolysis) is 1. The van der Waals surface area contributed by atoms with Gasteiger partial charge in [-0.15, -0.1) is 0 Å². The molecular weight excluding hydrogens is 290 g/mol. The Bertz CT molecular complexity index is 405. The number of hydrogen-bond acceptors (Lipinski definition) is 5. The standard InChI is InChI=1S/C15H27NO6/c1-14(2,3)21-11(17)9-7-8-10(12(18)19)16-13(20)22-15(4,5)6/h10H,7-9H2,1-6H3,(H,16,20)(H,18,19). The van der Waals surface area contributed by atoms with E-state index in [4.69, 9.17) is 14.6 Å². The summed E-state index contributed by atoms with van der Waals surface area (Å²) in [5.74, 6) is -1.57.